The highest BCUT2D eigenvalue weighted by molar-refractivity contribution is 5.78. The molecule has 1 fully saturated rings. The van der Waals surface area contributed by atoms with Gasteiger partial charge in [0.2, 0.25) is 5.88 Å². The van der Waals surface area contributed by atoms with Crippen LogP contribution in [0.25, 0.3) is 0 Å². The summed E-state index contributed by atoms with van der Waals surface area (Å²) in [6, 6.07) is 3.75. The number of carbonyl (C=O) groups excluding carboxylic acids is 1. The second-order valence-electron chi connectivity index (χ2n) is 7.45. The number of hydrogen-bond donors (Lipinski definition) is 0. The highest BCUT2D eigenvalue weighted by Gasteiger charge is 2.32. The van der Waals surface area contributed by atoms with E-state index in [4.69, 9.17) is 9.47 Å². The lowest BCUT2D eigenvalue weighted by Crippen LogP contribution is -2.50. The molecule has 0 aliphatic carbocycles. The van der Waals surface area contributed by atoms with Gasteiger partial charge in [-0.15, -0.1) is 0 Å². The number of pyridine rings is 1. The van der Waals surface area contributed by atoms with Crippen LogP contribution in [0.1, 0.15) is 19.5 Å². The molecule has 11 heteroatoms. The summed E-state index contributed by atoms with van der Waals surface area (Å²) in [4.78, 5) is 27.8. The first-order valence-corrected chi connectivity index (χ1v) is 9.86. The van der Waals surface area contributed by atoms with Gasteiger partial charge < -0.3 is 19.3 Å². The van der Waals surface area contributed by atoms with Gasteiger partial charge in [0.1, 0.15) is 23.6 Å². The molecule has 168 valence electrons. The van der Waals surface area contributed by atoms with Crippen LogP contribution in [0.3, 0.4) is 0 Å². The van der Waals surface area contributed by atoms with Crippen LogP contribution >= 0.6 is 0 Å². The third kappa shape index (κ3) is 6.43. The molecule has 3 rings (SSSR count). The molecule has 0 radical (unpaired) electrons. The van der Waals surface area contributed by atoms with Crippen molar-refractivity contribution in [2.45, 2.75) is 20.0 Å². The predicted molar refractivity (Wildman–Crippen MR) is 106 cm³/mol. The number of rotatable bonds is 7. The van der Waals surface area contributed by atoms with E-state index in [1.165, 1.54) is 6.33 Å². The van der Waals surface area contributed by atoms with Gasteiger partial charge in [0.25, 0.3) is 5.91 Å². The summed E-state index contributed by atoms with van der Waals surface area (Å²) in [5, 5.41) is 0. The Morgan fingerprint density at radius 3 is 2.45 bits per heavy atom. The van der Waals surface area contributed by atoms with Crippen LogP contribution in [-0.2, 0) is 11.0 Å². The van der Waals surface area contributed by atoms with Gasteiger partial charge in [-0.05, 0) is 18.1 Å². The number of aromatic nitrogens is 3. The Bertz CT molecular complexity index is 869. The molecule has 0 bridgehead atoms. The maximum absolute atomic E-state index is 12.5. The number of piperazine rings is 1. The average Bonchev–Trinajstić information content (AvgIpc) is 2.76. The van der Waals surface area contributed by atoms with Gasteiger partial charge in [0, 0.05) is 32.2 Å². The minimum atomic E-state index is -4.51. The number of anilines is 1. The van der Waals surface area contributed by atoms with Crippen molar-refractivity contribution in [3.05, 3.63) is 36.4 Å². The standard InChI is InChI=1S/C20H24F3N5O3/c1-14(2)11-31-18-9-17(25-13-26-18)27-5-7-28(8-6-27)19(29)12-30-15-3-4-16(24-10-15)20(21,22)23/h3-4,9-10,13-14H,5-8,11-12H2,1-2H3. The van der Waals surface area contributed by atoms with Crippen molar-refractivity contribution in [3.63, 3.8) is 0 Å². The van der Waals surface area contributed by atoms with Gasteiger partial charge in [0.15, 0.2) is 6.61 Å². The van der Waals surface area contributed by atoms with Gasteiger partial charge in [0.05, 0.1) is 12.8 Å². The lowest BCUT2D eigenvalue weighted by Gasteiger charge is -2.35. The van der Waals surface area contributed by atoms with Gasteiger partial charge in [-0.25, -0.2) is 15.0 Å². The van der Waals surface area contributed by atoms with Crippen LogP contribution in [0.5, 0.6) is 11.6 Å². The quantitative estimate of drug-likeness (QED) is 0.656. The maximum Gasteiger partial charge on any atom is 0.433 e. The molecule has 2 aromatic heterocycles. The number of carbonyl (C=O) groups is 1. The van der Waals surface area contributed by atoms with Gasteiger partial charge >= 0.3 is 6.18 Å². The molecule has 0 unspecified atom stereocenters. The highest BCUT2D eigenvalue weighted by atomic mass is 19.4. The van der Waals surface area contributed by atoms with Crippen LogP contribution in [0.4, 0.5) is 19.0 Å². The Kier molecular flexibility index (Phi) is 7.13. The third-order valence-corrected chi connectivity index (χ3v) is 4.54. The van der Waals surface area contributed by atoms with Gasteiger partial charge in [-0.3, -0.25) is 4.79 Å². The van der Waals surface area contributed by atoms with Gasteiger partial charge in [-0.2, -0.15) is 13.2 Å². The molecular weight excluding hydrogens is 415 g/mol. The summed E-state index contributed by atoms with van der Waals surface area (Å²) in [6.07, 6.45) is -2.10. The molecule has 1 amide bonds. The Labute approximate surface area is 178 Å². The van der Waals surface area contributed by atoms with E-state index < -0.39 is 11.9 Å². The van der Waals surface area contributed by atoms with Crippen molar-refractivity contribution < 1.29 is 27.4 Å². The molecule has 1 aliphatic heterocycles. The summed E-state index contributed by atoms with van der Waals surface area (Å²) >= 11 is 0. The molecule has 0 spiro atoms. The summed E-state index contributed by atoms with van der Waals surface area (Å²) in [5.74, 6) is 1.48. The lowest BCUT2D eigenvalue weighted by molar-refractivity contribution is -0.141. The fourth-order valence-corrected chi connectivity index (χ4v) is 2.89. The molecular formula is C20H24F3N5O3. The number of amides is 1. The number of ether oxygens (including phenoxy) is 2. The van der Waals surface area contributed by atoms with Crippen molar-refractivity contribution in [3.8, 4) is 11.6 Å². The topological polar surface area (TPSA) is 80.7 Å². The molecule has 31 heavy (non-hydrogen) atoms. The zero-order valence-electron chi connectivity index (χ0n) is 17.3. The number of halogens is 3. The first kappa shape index (κ1) is 22.6. The number of hydrogen-bond acceptors (Lipinski definition) is 7. The van der Waals surface area contributed by atoms with E-state index in [1.54, 1.807) is 11.0 Å². The molecule has 0 N–H and O–H groups in total. The molecule has 0 saturated carbocycles. The minimum absolute atomic E-state index is 0.106. The van der Waals surface area contributed by atoms with Crippen LogP contribution in [0.15, 0.2) is 30.7 Å². The summed E-state index contributed by atoms with van der Waals surface area (Å²) in [6.45, 7) is 6.49. The van der Waals surface area contributed by atoms with Crippen molar-refractivity contribution in [2.75, 3.05) is 44.3 Å². The Balaban J connectivity index is 1.47. The minimum Gasteiger partial charge on any atom is -0.482 e. The summed E-state index contributed by atoms with van der Waals surface area (Å²) in [5.41, 5.74) is -1.01. The van der Waals surface area contributed by atoms with E-state index >= 15 is 0 Å². The van der Waals surface area contributed by atoms with Crippen LogP contribution in [0.2, 0.25) is 0 Å². The molecule has 2 aromatic rings. The Morgan fingerprint density at radius 1 is 1.10 bits per heavy atom. The summed E-state index contributed by atoms with van der Waals surface area (Å²) in [7, 11) is 0. The van der Waals surface area contributed by atoms with Crippen molar-refractivity contribution in [1.29, 1.82) is 0 Å². The van der Waals surface area contributed by atoms with Crippen molar-refractivity contribution in [2.24, 2.45) is 5.92 Å². The maximum atomic E-state index is 12.5. The average molecular weight is 439 g/mol. The fourth-order valence-electron chi connectivity index (χ4n) is 2.89. The molecule has 1 saturated heterocycles. The SMILES string of the molecule is CC(C)COc1cc(N2CCN(C(=O)COc3ccc(C(F)(F)F)nc3)CC2)ncn1. The Morgan fingerprint density at radius 2 is 1.84 bits per heavy atom. The molecule has 8 nitrogen and oxygen atoms in total. The lowest BCUT2D eigenvalue weighted by atomic mass is 10.2. The first-order valence-electron chi connectivity index (χ1n) is 9.86. The first-order chi connectivity index (χ1) is 14.7. The molecule has 0 atom stereocenters. The molecule has 3 heterocycles. The van der Waals surface area contributed by atoms with Crippen LogP contribution < -0.4 is 14.4 Å². The van der Waals surface area contributed by atoms with E-state index in [2.05, 4.69) is 28.8 Å². The zero-order valence-corrected chi connectivity index (χ0v) is 17.3. The van der Waals surface area contributed by atoms with Crippen LogP contribution in [0, 0.1) is 5.92 Å². The van der Waals surface area contributed by atoms with E-state index in [1.807, 2.05) is 4.90 Å². The zero-order chi connectivity index (χ0) is 22.4. The second-order valence-corrected chi connectivity index (χ2v) is 7.45. The fraction of sp³-hybridized carbons (Fsp3) is 0.500. The summed E-state index contributed by atoms with van der Waals surface area (Å²) < 4.78 is 48.5. The number of alkyl halides is 3. The predicted octanol–water partition coefficient (Wildman–Crippen LogP) is 2.65. The molecule has 0 aromatic carbocycles. The smallest absolute Gasteiger partial charge is 0.433 e. The highest BCUT2D eigenvalue weighted by Crippen LogP contribution is 2.28. The van der Waals surface area contributed by atoms with E-state index in [9.17, 15) is 18.0 Å². The van der Waals surface area contributed by atoms with Gasteiger partial charge in [-0.1, -0.05) is 13.8 Å². The Hall–Kier alpha value is -3.11. The molecule has 1 aliphatic rings. The normalized spacial score (nSPS) is 14.6. The largest absolute Gasteiger partial charge is 0.482 e. The van der Waals surface area contributed by atoms with Crippen molar-refractivity contribution >= 4 is 11.7 Å². The van der Waals surface area contributed by atoms with Crippen LogP contribution in [-0.4, -0.2) is 65.2 Å². The second kappa shape index (κ2) is 9.80. The van der Waals surface area contributed by atoms with E-state index in [0.717, 1.165) is 24.1 Å². The van der Waals surface area contributed by atoms with E-state index in [-0.39, 0.29) is 18.3 Å². The third-order valence-electron chi connectivity index (χ3n) is 4.54. The van der Waals surface area contributed by atoms with Crippen molar-refractivity contribution in [1.82, 2.24) is 19.9 Å². The monoisotopic (exact) mass is 439 g/mol. The van der Waals surface area contributed by atoms with E-state index in [0.29, 0.717) is 44.6 Å². The number of nitrogens with zero attached hydrogens (tertiary/aromatic N) is 5.